The van der Waals surface area contributed by atoms with Crippen LogP contribution in [0.3, 0.4) is 0 Å². The van der Waals surface area contributed by atoms with Crippen molar-refractivity contribution in [1.29, 1.82) is 0 Å². The Morgan fingerprint density at radius 3 is 2.59 bits per heavy atom. The van der Waals surface area contributed by atoms with Gasteiger partial charge >= 0.3 is 0 Å². The Balaban J connectivity index is 2.64. The molecule has 96 valence electrons. The molecule has 0 amide bonds. The summed E-state index contributed by atoms with van der Waals surface area (Å²) < 4.78 is 13.7. The van der Waals surface area contributed by atoms with Gasteiger partial charge in [-0.15, -0.1) is 0 Å². The number of rotatable bonds is 7. The third kappa shape index (κ3) is 3.98. The van der Waals surface area contributed by atoms with Gasteiger partial charge in [0.1, 0.15) is 5.82 Å². The third-order valence-electron chi connectivity index (χ3n) is 2.77. The maximum Gasteiger partial charge on any atom is 0.146 e. The number of unbranched alkanes of at least 4 members (excludes halogenated alkanes) is 2. The highest BCUT2D eigenvalue weighted by atomic mass is 19.1. The molecular weight excluding hydrogens is 221 g/mol. The van der Waals surface area contributed by atoms with E-state index in [1.807, 2.05) is 11.9 Å². The molecule has 1 aromatic rings. The number of anilines is 1. The lowest BCUT2D eigenvalue weighted by atomic mass is 10.1. The average Bonchev–Trinajstić information content (AvgIpc) is 2.34. The Kier molecular flexibility index (Phi) is 5.94. The van der Waals surface area contributed by atoms with Crippen LogP contribution in [0.4, 0.5) is 10.1 Å². The fourth-order valence-electron chi connectivity index (χ4n) is 1.86. The Morgan fingerprint density at radius 1 is 1.18 bits per heavy atom. The number of aliphatic hydroxyl groups excluding tert-OH is 2. The van der Waals surface area contributed by atoms with Gasteiger partial charge in [-0.2, -0.15) is 0 Å². The zero-order valence-electron chi connectivity index (χ0n) is 10.2. The van der Waals surface area contributed by atoms with E-state index in [4.69, 9.17) is 5.11 Å². The van der Waals surface area contributed by atoms with Crippen LogP contribution in [0.15, 0.2) is 18.2 Å². The number of aliphatic hydroxyl groups is 2. The minimum Gasteiger partial charge on any atom is -0.396 e. The number of benzene rings is 1. The van der Waals surface area contributed by atoms with E-state index in [0.717, 1.165) is 19.3 Å². The molecule has 0 unspecified atom stereocenters. The first kappa shape index (κ1) is 13.9. The Labute approximate surface area is 101 Å². The second kappa shape index (κ2) is 7.25. The minimum absolute atomic E-state index is 0.159. The third-order valence-corrected chi connectivity index (χ3v) is 2.77. The summed E-state index contributed by atoms with van der Waals surface area (Å²) in [5.74, 6) is -0.304. The molecule has 0 aromatic heterocycles. The summed E-state index contributed by atoms with van der Waals surface area (Å²) in [5.41, 5.74) is 1.08. The number of para-hydroxylation sites is 1. The van der Waals surface area contributed by atoms with E-state index in [-0.39, 0.29) is 19.0 Å². The van der Waals surface area contributed by atoms with Crippen LogP contribution in [0.2, 0.25) is 0 Å². The molecule has 0 atom stereocenters. The van der Waals surface area contributed by atoms with Crippen LogP contribution in [0.5, 0.6) is 0 Å². The molecule has 1 rings (SSSR count). The molecule has 17 heavy (non-hydrogen) atoms. The minimum atomic E-state index is -0.304. The monoisotopic (exact) mass is 241 g/mol. The molecule has 0 aliphatic rings. The van der Waals surface area contributed by atoms with Crippen LogP contribution in [0.1, 0.15) is 24.8 Å². The molecule has 3 nitrogen and oxygen atoms in total. The second-order valence-corrected chi connectivity index (χ2v) is 4.11. The van der Waals surface area contributed by atoms with Gasteiger partial charge in [0, 0.05) is 25.8 Å². The predicted molar refractivity (Wildman–Crippen MR) is 66.5 cm³/mol. The standard InChI is InChI=1S/C13H20FNO2/c1-15(8-3-2-4-9-16)13-11(10-17)6-5-7-12(13)14/h5-7,16-17H,2-4,8-10H2,1H3. The number of hydrogen-bond acceptors (Lipinski definition) is 3. The van der Waals surface area contributed by atoms with Gasteiger partial charge in [-0.3, -0.25) is 0 Å². The summed E-state index contributed by atoms with van der Waals surface area (Å²) in [5, 5.41) is 17.8. The van der Waals surface area contributed by atoms with Crippen molar-refractivity contribution < 1.29 is 14.6 Å². The van der Waals surface area contributed by atoms with Crippen LogP contribution >= 0.6 is 0 Å². The predicted octanol–water partition coefficient (Wildman–Crippen LogP) is 1.92. The van der Waals surface area contributed by atoms with Crippen molar-refractivity contribution in [2.75, 3.05) is 25.1 Å². The van der Waals surface area contributed by atoms with E-state index in [1.54, 1.807) is 12.1 Å². The molecule has 4 heteroatoms. The second-order valence-electron chi connectivity index (χ2n) is 4.11. The van der Waals surface area contributed by atoms with E-state index < -0.39 is 0 Å². The first-order valence-electron chi connectivity index (χ1n) is 5.91. The van der Waals surface area contributed by atoms with Gasteiger partial charge in [-0.25, -0.2) is 4.39 Å². The number of halogens is 1. The van der Waals surface area contributed by atoms with Gasteiger partial charge in [0.05, 0.1) is 12.3 Å². The van der Waals surface area contributed by atoms with E-state index in [1.165, 1.54) is 6.07 Å². The molecule has 0 aliphatic heterocycles. The smallest absolute Gasteiger partial charge is 0.146 e. The molecule has 0 heterocycles. The summed E-state index contributed by atoms with van der Waals surface area (Å²) in [6, 6.07) is 4.73. The number of hydrogen-bond donors (Lipinski definition) is 2. The van der Waals surface area contributed by atoms with Gasteiger partial charge in [0.2, 0.25) is 0 Å². The van der Waals surface area contributed by atoms with Crippen molar-refractivity contribution in [3.05, 3.63) is 29.6 Å². The lowest BCUT2D eigenvalue weighted by Gasteiger charge is -2.22. The first-order chi connectivity index (χ1) is 8.20. The van der Waals surface area contributed by atoms with Crippen LogP contribution in [0, 0.1) is 5.82 Å². The SMILES string of the molecule is CN(CCCCCO)c1c(F)cccc1CO. The normalized spacial score (nSPS) is 10.6. The van der Waals surface area contributed by atoms with E-state index >= 15 is 0 Å². The maximum atomic E-state index is 13.7. The highest BCUT2D eigenvalue weighted by Gasteiger charge is 2.11. The lowest BCUT2D eigenvalue weighted by molar-refractivity contribution is 0.281. The van der Waals surface area contributed by atoms with Crippen molar-refractivity contribution in [3.8, 4) is 0 Å². The highest BCUT2D eigenvalue weighted by Crippen LogP contribution is 2.23. The molecule has 0 fully saturated rings. The van der Waals surface area contributed by atoms with Crippen molar-refractivity contribution in [2.45, 2.75) is 25.9 Å². The zero-order valence-corrected chi connectivity index (χ0v) is 10.2. The molecule has 2 N–H and O–H groups in total. The van der Waals surface area contributed by atoms with Crippen LogP contribution in [-0.2, 0) is 6.61 Å². The van der Waals surface area contributed by atoms with Gasteiger partial charge in [-0.1, -0.05) is 12.1 Å². The van der Waals surface area contributed by atoms with Crippen molar-refractivity contribution in [2.24, 2.45) is 0 Å². The van der Waals surface area contributed by atoms with E-state index in [0.29, 0.717) is 17.8 Å². The first-order valence-corrected chi connectivity index (χ1v) is 5.91. The molecule has 0 bridgehead atoms. The zero-order chi connectivity index (χ0) is 12.7. The topological polar surface area (TPSA) is 43.7 Å². The van der Waals surface area contributed by atoms with Crippen molar-refractivity contribution >= 4 is 5.69 Å². The molecule has 0 radical (unpaired) electrons. The molecule has 0 spiro atoms. The van der Waals surface area contributed by atoms with Crippen LogP contribution < -0.4 is 4.90 Å². The Bertz CT molecular complexity index is 344. The summed E-state index contributed by atoms with van der Waals surface area (Å²) in [6.07, 6.45) is 2.60. The van der Waals surface area contributed by atoms with Crippen molar-refractivity contribution in [1.82, 2.24) is 0 Å². The summed E-state index contributed by atoms with van der Waals surface area (Å²) >= 11 is 0. The lowest BCUT2D eigenvalue weighted by Crippen LogP contribution is -2.21. The van der Waals surface area contributed by atoms with Gasteiger partial charge in [0.25, 0.3) is 0 Å². The highest BCUT2D eigenvalue weighted by molar-refractivity contribution is 5.54. The van der Waals surface area contributed by atoms with Gasteiger partial charge in [-0.05, 0) is 25.3 Å². The van der Waals surface area contributed by atoms with Gasteiger partial charge in [0.15, 0.2) is 0 Å². The molecule has 1 aromatic carbocycles. The van der Waals surface area contributed by atoms with Crippen LogP contribution in [0.25, 0.3) is 0 Å². The Hall–Kier alpha value is -1.13. The van der Waals surface area contributed by atoms with Crippen molar-refractivity contribution in [3.63, 3.8) is 0 Å². The molecular formula is C13H20FNO2. The number of nitrogens with zero attached hydrogens (tertiary/aromatic N) is 1. The maximum absolute atomic E-state index is 13.7. The summed E-state index contributed by atoms with van der Waals surface area (Å²) in [6.45, 7) is 0.757. The fourth-order valence-corrected chi connectivity index (χ4v) is 1.86. The summed E-state index contributed by atoms with van der Waals surface area (Å²) in [4.78, 5) is 1.82. The summed E-state index contributed by atoms with van der Waals surface area (Å²) in [7, 11) is 1.82. The van der Waals surface area contributed by atoms with E-state index in [2.05, 4.69) is 0 Å². The molecule has 0 saturated carbocycles. The largest absolute Gasteiger partial charge is 0.396 e. The molecule has 0 aliphatic carbocycles. The van der Waals surface area contributed by atoms with E-state index in [9.17, 15) is 9.50 Å². The van der Waals surface area contributed by atoms with Crippen LogP contribution in [-0.4, -0.2) is 30.4 Å². The van der Waals surface area contributed by atoms with Gasteiger partial charge < -0.3 is 15.1 Å². The fraction of sp³-hybridized carbons (Fsp3) is 0.538. The molecule has 0 saturated heterocycles. The Morgan fingerprint density at radius 2 is 1.94 bits per heavy atom. The average molecular weight is 241 g/mol. The quantitative estimate of drug-likeness (QED) is 0.717.